The molecule has 4 rings (SSSR count). The summed E-state index contributed by atoms with van der Waals surface area (Å²) in [5.74, 6) is 0. The van der Waals surface area contributed by atoms with Gasteiger partial charge in [0.15, 0.2) is 0 Å². The maximum absolute atomic E-state index is 6.62. The minimum Gasteiger partial charge on any atom is -0.374 e. The fourth-order valence-corrected chi connectivity index (χ4v) is 5.56. The third-order valence-corrected chi connectivity index (χ3v) is 7.23. The van der Waals surface area contributed by atoms with Crippen LogP contribution in [0.3, 0.4) is 0 Å². The Kier molecular flexibility index (Phi) is 10.0. The molecule has 1 aliphatic rings. The standard InChI is InChI=1S/C31H38O4S/c1-31(2,3)36-29-19-27(33-21-25-15-9-5-10-16-25)30(34-22-26-17-11-6-12-18-26)28(35-29)23-32-20-24-13-7-4-8-14-24/h4-18,27-30H,19-23H2,1-3H3/t27-,28?,29+,30?/m1/s1. The molecule has 0 radical (unpaired) electrons. The molecule has 3 aromatic carbocycles. The van der Waals surface area contributed by atoms with Crippen molar-refractivity contribution >= 4 is 11.8 Å². The van der Waals surface area contributed by atoms with E-state index in [0.29, 0.717) is 26.4 Å². The summed E-state index contributed by atoms with van der Waals surface area (Å²) in [5, 5.41) is 0. The van der Waals surface area contributed by atoms with E-state index in [0.717, 1.165) is 23.1 Å². The molecule has 0 amide bonds. The molecule has 1 heterocycles. The second-order valence-electron chi connectivity index (χ2n) is 10.2. The van der Waals surface area contributed by atoms with Crippen LogP contribution in [-0.4, -0.2) is 35.1 Å². The van der Waals surface area contributed by atoms with Gasteiger partial charge in [-0.25, -0.2) is 0 Å². The lowest BCUT2D eigenvalue weighted by Crippen LogP contribution is -2.52. The Morgan fingerprint density at radius 3 is 1.75 bits per heavy atom. The van der Waals surface area contributed by atoms with Crippen LogP contribution in [-0.2, 0) is 38.8 Å². The smallest absolute Gasteiger partial charge is 0.113 e. The van der Waals surface area contributed by atoms with E-state index >= 15 is 0 Å². The molecule has 0 spiro atoms. The van der Waals surface area contributed by atoms with Gasteiger partial charge < -0.3 is 18.9 Å². The average Bonchev–Trinajstić information content (AvgIpc) is 2.88. The van der Waals surface area contributed by atoms with E-state index in [1.54, 1.807) is 0 Å². The third-order valence-electron chi connectivity index (χ3n) is 5.96. The van der Waals surface area contributed by atoms with Gasteiger partial charge in [-0.1, -0.05) is 112 Å². The molecule has 5 heteroatoms. The highest BCUT2D eigenvalue weighted by Gasteiger charge is 2.42. The molecule has 3 aromatic rings. The van der Waals surface area contributed by atoms with Gasteiger partial charge in [0.25, 0.3) is 0 Å². The molecule has 4 nitrogen and oxygen atoms in total. The van der Waals surface area contributed by atoms with Crippen molar-refractivity contribution in [3.63, 3.8) is 0 Å². The number of benzene rings is 3. The molecule has 0 N–H and O–H groups in total. The minimum absolute atomic E-state index is 0.00711. The zero-order chi connectivity index (χ0) is 25.2. The van der Waals surface area contributed by atoms with E-state index < -0.39 is 0 Å². The van der Waals surface area contributed by atoms with Gasteiger partial charge in [-0.3, -0.25) is 0 Å². The van der Waals surface area contributed by atoms with Gasteiger partial charge in [-0.2, -0.15) is 0 Å². The average molecular weight is 507 g/mol. The van der Waals surface area contributed by atoms with E-state index in [9.17, 15) is 0 Å². The van der Waals surface area contributed by atoms with Crippen LogP contribution in [0, 0.1) is 0 Å². The molecular weight excluding hydrogens is 468 g/mol. The number of thioether (sulfide) groups is 1. The lowest BCUT2D eigenvalue weighted by Gasteiger charge is -2.42. The molecule has 36 heavy (non-hydrogen) atoms. The van der Waals surface area contributed by atoms with E-state index in [2.05, 4.69) is 57.2 Å². The van der Waals surface area contributed by atoms with Gasteiger partial charge >= 0.3 is 0 Å². The second-order valence-corrected chi connectivity index (χ2v) is 12.2. The van der Waals surface area contributed by atoms with Crippen LogP contribution in [0.4, 0.5) is 0 Å². The Bertz CT molecular complexity index is 1010. The fourth-order valence-electron chi connectivity index (χ4n) is 4.28. The summed E-state index contributed by atoms with van der Waals surface area (Å²) in [4.78, 5) is 0. The van der Waals surface area contributed by atoms with Crippen LogP contribution in [0.2, 0.25) is 0 Å². The highest BCUT2D eigenvalue weighted by Crippen LogP contribution is 2.38. The number of hydrogen-bond acceptors (Lipinski definition) is 5. The van der Waals surface area contributed by atoms with Crippen molar-refractivity contribution in [3.05, 3.63) is 108 Å². The Hall–Kier alpha value is -2.15. The predicted molar refractivity (Wildman–Crippen MR) is 147 cm³/mol. The molecule has 4 atom stereocenters. The Morgan fingerprint density at radius 1 is 0.722 bits per heavy atom. The van der Waals surface area contributed by atoms with Crippen LogP contribution in [0.5, 0.6) is 0 Å². The van der Waals surface area contributed by atoms with Crippen molar-refractivity contribution in [2.24, 2.45) is 0 Å². The maximum Gasteiger partial charge on any atom is 0.113 e. The fraction of sp³-hybridized carbons (Fsp3) is 0.419. The first-order valence-corrected chi connectivity index (χ1v) is 13.6. The van der Waals surface area contributed by atoms with Crippen LogP contribution >= 0.6 is 11.8 Å². The Morgan fingerprint density at radius 2 is 1.22 bits per heavy atom. The molecule has 0 bridgehead atoms. The first-order valence-electron chi connectivity index (χ1n) is 12.7. The van der Waals surface area contributed by atoms with Gasteiger partial charge in [0.1, 0.15) is 17.6 Å². The van der Waals surface area contributed by atoms with Gasteiger partial charge in [0.05, 0.1) is 32.5 Å². The summed E-state index contributed by atoms with van der Waals surface area (Å²) >= 11 is 1.84. The zero-order valence-electron chi connectivity index (χ0n) is 21.5. The van der Waals surface area contributed by atoms with Crippen molar-refractivity contribution in [2.45, 2.75) is 75.5 Å². The molecule has 0 aromatic heterocycles. The van der Waals surface area contributed by atoms with Crippen molar-refractivity contribution in [1.82, 2.24) is 0 Å². The van der Waals surface area contributed by atoms with Crippen LogP contribution in [0.15, 0.2) is 91.0 Å². The van der Waals surface area contributed by atoms with Gasteiger partial charge in [0, 0.05) is 11.2 Å². The summed E-state index contributed by atoms with van der Waals surface area (Å²) in [6, 6.07) is 30.8. The predicted octanol–water partition coefficient (Wildman–Crippen LogP) is 7.02. The van der Waals surface area contributed by atoms with E-state index in [1.165, 1.54) is 0 Å². The minimum atomic E-state index is -0.235. The topological polar surface area (TPSA) is 36.9 Å². The molecule has 0 aliphatic carbocycles. The van der Waals surface area contributed by atoms with Crippen LogP contribution in [0.25, 0.3) is 0 Å². The maximum atomic E-state index is 6.62. The van der Waals surface area contributed by atoms with Gasteiger partial charge in [-0.15, -0.1) is 11.8 Å². The van der Waals surface area contributed by atoms with E-state index in [-0.39, 0.29) is 28.5 Å². The first kappa shape index (κ1) is 26.9. The highest BCUT2D eigenvalue weighted by atomic mass is 32.2. The van der Waals surface area contributed by atoms with Crippen LogP contribution in [0.1, 0.15) is 43.9 Å². The zero-order valence-corrected chi connectivity index (χ0v) is 22.4. The normalized spacial score (nSPS) is 22.4. The molecule has 1 fully saturated rings. The highest BCUT2D eigenvalue weighted by molar-refractivity contribution is 8.01. The summed E-state index contributed by atoms with van der Waals surface area (Å²) in [6.45, 7) is 8.70. The SMILES string of the molecule is CC(C)(C)S[C@H]1C[C@@H](OCc2ccccc2)C(OCc2ccccc2)C(COCc2ccccc2)O1. The largest absolute Gasteiger partial charge is 0.374 e. The van der Waals surface area contributed by atoms with Crippen molar-refractivity contribution in [2.75, 3.05) is 6.61 Å². The summed E-state index contributed by atoms with van der Waals surface area (Å²) in [5.41, 5.74) is 3.44. The Balaban J connectivity index is 1.49. The van der Waals surface area contributed by atoms with Gasteiger partial charge in [-0.05, 0) is 16.7 Å². The second kappa shape index (κ2) is 13.4. The number of rotatable bonds is 11. The third kappa shape index (κ3) is 8.75. The first-order chi connectivity index (χ1) is 17.5. The molecule has 0 saturated carbocycles. The lowest BCUT2D eigenvalue weighted by atomic mass is 10.0. The molecule has 192 valence electrons. The quantitative estimate of drug-likeness (QED) is 0.279. The van der Waals surface area contributed by atoms with E-state index in [1.807, 2.05) is 66.4 Å². The van der Waals surface area contributed by atoms with E-state index in [4.69, 9.17) is 18.9 Å². The van der Waals surface area contributed by atoms with Crippen molar-refractivity contribution in [3.8, 4) is 0 Å². The van der Waals surface area contributed by atoms with Crippen molar-refractivity contribution in [1.29, 1.82) is 0 Å². The number of ether oxygens (including phenoxy) is 4. The van der Waals surface area contributed by atoms with Crippen LogP contribution < -0.4 is 0 Å². The lowest BCUT2D eigenvalue weighted by molar-refractivity contribution is -0.204. The summed E-state index contributed by atoms with van der Waals surface area (Å²) in [6.07, 6.45) is 0.199. The molecular formula is C31H38O4S. The molecule has 1 aliphatic heterocycles. The summed E-state index contributed by atoms with van der Waals surface area (Å²) in [7, 11) is 0. The number of hydrogen-bond donors (Lipinski definition) is 0. The van der Waals surface area contributed by atoms with Gasteiger partial charge in [0.2, 0.25) is 0 Å². The van der Waals surface area contributed by atoms with Crippen molar-refractivity contribution < 1.29 is 18.9 Å². The monoisotopic (exact) mass is 506 g/mol. The Labute approximate surface area is 220 Å². The molecule has 2 unspecified atom stereocenters. The summed E-state index contributed by atoms with van der Waals surface area (Å²) < 4.78 is 25.9. The molecule has 1 saturated heterocycles.